The second-order valence-corrected chi connectivity index (χ2v) is 7.16. The van der Waals surface area contributed by atoms with Crippen LogP contribution in [0.4, 0.5) is 0 Å². The number of halogens is 1. The minimum atomic E-state index is -3.67. The Labute approximate surface area is 129 Å². The number of ether oxygens (including phenoxy) is 3. The van der Waals surface area contributed by atoms with Crippen LogP contribution in [-0.4, -0.2) is 40.3 Å². The van der Waals surface area contributed by atoms with Gasteiger partial charge in [0.15, 0.2) is 10.9 Å². The summed E-state index contributed by atoms with van der Waals surface area (Å²) in [6.45, 7) is 0.258. The molecule has 2 aliphatic rings. The zero-order valence-electron chi connectivity index (χ0n) is 12.1. The molecule has 1 aliphatic heterocycles. The zero-order chi connectivity index (χ0) is 15.5. The van der Waals surface area contributed by atoms with Crippen molar-refractivity contribution in [3.63, 3.8) is 0 Å². The molecular formula is C12H20ClNO6S. The van der Waals surface area contributed by atoms with Crippen LogP contribution in [0.1, 0.15) is 32.1 Å². The van der Waals surface area contributed by atoms with Crippen LogP contribution in [0.25, 0.3) is 0 Å². The van der Waals surface area contributed by atoms with E-state index in [0.29, 0.717) is 5.76 Å². The fourth-order valence-electron chi connectivity index (χ4n) is 2.52. The molecule has 122 valence electrons. The Morgan fingerprint density at radius 3 is 2.67 bits per heavy atom. The van der Waals surface area contributed by atoms with Crippen molar-refractivity contribution >= 4 is 21.7 Å². The van der Waals surface area contributed by atoms with Gasteiger partial charge in [0, 0.05) is 20.0 Å². The highest BCUT2D eigenvalue weighted by Gasteiger charge is 2.47. The molecule has 0 aromatic rings. The van der Waals surface area contributed by atoms with Crippen molar-refractivity contribution < 1.29 is 26.9 Å². The van der Waals surface area contributed by atoms with E-state index in [1.807, 2.05) is 0 Å². The molecule has 0 amide bonds. The lowest BCUT2D eigenvalue weighted by molar-refractivity contribution is -0.186. The van der Waals surface area contributed by atoms with Crippen molar-refractivity contribution in [2.45, 2.75) is 44.0 Å². The summed E-state index contributed by atoms with van der Waals surface area (Å²) >= 11 is 6.04. The third kappa shape index (κ3) is 4.46. The number of hydroxylamine groups is 1. The van der Waals surface area contributed by atoms with Gasteiger partial charge in [-0.1, -0.05) is 18.0 Å². The predicted molar refractivity (Wildman–Crippen MR) is 75.6 cm³/mol. The second-order valence-electron chi connectivity index (χ2n) is 5.20. The van der Waals surface area contributed by atoms with E-state index in [0.717, 1.165) is 38.4 Å². The highest BCUT2D eigenvalue weighted by molar-refractivity contribution is 7.85. The summed E-state index contributed by atoms with van der Waals surface area (Å²) in [5.74, 6) is -0.381. The van der Waals surface area contributed by atoms with Gasteiger partial charge >= 0.3 is 0 Å². The Balaban J connectivity index is 2.14. The van der Waals surface area contributed by atoms with E-state index in [1.54, 1.807) is 7.11 Å². The van der Waals surface area contributed by atoms with E-state index in [4.69, 9.17) is 25.8 Å². The molecule has 7 nitrogen and oxygen atoms in total. The van der Waals surface area contributed by atoms with Gasteiger partial charge in [-0.05, 0) is 12.8 Å². The first-order valence-corrected chi connectivity index (χ1v) is 8.94. The minimum absolute atomic E-state index is 0.0510. The van der Waals surface area contributed by atoms with Crippen molar-refractivity contribution in [1.29, 1.82) is 0 Å². The van der Waals surface area contributed by atoms with Crippen molar-refractivity contribution in [2.24, 2.45) is 0 Å². The maximum atomic E-state index is 11.0. The van der Waals surface area contributed by atoms with Crippen LogP contribution in [0.15, 0.2) is 10.9 Å². The highest BCUT2D eigenvalue weighted by atomic mass is 35.5. The normalized spacial score (nSPS) is 27.5. The number of methoxy groups -OCH3 is 1. The van der Waals surface area contributed by atoms with Crippen LogP contribution in [0, 0.1) is 0 Å². The van der Waals surface area contributed by atoms with E-state index < -0.39 is 22.0 Å². The summed E-state index contributed by atoms with van der Waals surface area (Å²) in [6, 6.07) is 0. The zero-order valence-corrected chi connectivity index (χ0v) is 13.6. The lowest BCUT2D eigenvalue weighted by Crippen LogP contribution is -2.33. The van der Waals surface area contributed by atoms with Crippen LogP contribution in [0.2, 0.25) is 0 Å². The van der Waals surface area contributed by atoms with E-state index in [-0.39, 0.29) is 11.8 Å². The largest absolute Gasteiger partial charge is 0.461 e. The molecule has 1 spiro atoms. The van der Waals surface area contributed by atoms with Gasteiger partial charge in [-0.3, -0.25) is 0 Å². The molecule has 2 fully saturated rings. The molecule has 1 saturated carbocycles. The molecule has 0 aromatic heterocycles. The third-order valence-electron chi connectivity index (χ3n) is 3.38. The molecule has 0 unspecified atom stereocenters. The van der Waals surface area contributed by atoms with Crippen molar-refractivity contribution in [3.05, 3.63) is 10.9 Å². The maximum Gasteiger partial charge on any atom is 0.284 e. The second kappa shape index (κ2) is 6.70. The average molecular weight is 342 g/mol. The summed E-state index contributed by atoms with van der Waals surface area (Å²) in [7, 11) is -2.13. The number of hydrogen-bond donors (Lipinski definition) is 1. The number of rotatable bonds is 5. The first kappa shape index (κ1) is 16.8. The monoisotopic (exact) mass is 341 g/mol. The molecule has 1 saturated heterocycles. The summed E-state index contributed by atoms with van der Waals surface area (Å²) in [6.07, 6.45) is 5.13. The Kier molecular flexibility index (Phi) is 5.37. The van der Waals surface area contributed by atoms with E-state index in [9.17, 15) is 8.42 Å². The van der Waals surface area contributed by atoms with Crippen LogP contribution < -0.4 is 5.48 Å². The third-order valence-corrected chi connectivity index (χ3v) is 4.03. The molecule has 0 aromatic carbocycles. The SMILES string of the molecule is COC[C@@H]1OC2(CCCCC2)OC1=C(Cl)NOS(C)(=O)=O. The summed E-state index contributed by atoms with van der Waals surface area (Å²) < 4.78 is 43.4. The molecule has 1 aliphatic carbocycles. The van der Waals surface area contributed by atoms with Gasteiger partial charge in [-0.25, -0.2) is 5.48 Å². The molecule has 1 atom stereocenters. The molecule has 2 rings (SSSR count). The number of hydrogen-bond acceptors (Lipinski definition) is 7. The lowest BCUT2D eigenvalue weighted by Gasteiger charge is -2.31. The van der Waals surface area contributed by atoms with Crippen LogP contribution >= 0.6 is 11.6 Å². The maximum absolute atomic E-state index is 11.0. The van der Waals surface area contributed by atoms with Crippen molar-refractivity contribution in [1.82, 2.24) is 5.48 Å². The summed E-state index contributed by atoms with van der Waals surface area (Å²) in [4.78, 5) is 0. The van der Waals surface area contributed by atoms with Gasteiger partial charge in [0.25, 0.3) is 10.1 Å². The highest BCUT2D eigenvalue weighted by Crippen LogP contribution is 2.43. The van der Waals surface area contributed by atoms with Crippen LogP contribution in [0.5, 0.6) is 0 Å². The van der Waals surface area contributed by atoms with Crippen molar-refractivity contribution in [2.75, 3.05) is 20.0 Å². The summed E-state index contributed by atoms with van der Waals surface area (Å²) in [5, 5.41) is -0.0510. The van der Waals surface area contributed by atoms with Crippen LogP contribution in [-0.2, 0) is 28.6 Å². The van der Waals surface area contributed by atoms with Crippen molar-refractivity contribution in [3.8, 4) is 0 Å². The smallest absolute Gasteiger partial charge is 0.284 e. The van der Waals surface area contributed by atoms with Gasteiger partial charge < -0.3 is 14.2 Å². The fraction of sp³-hybridized carbons (Fsp3) is 0.833. The molecule has 0 radical (unpaired) electrons. The van der Waals surface area contributed by atoms with Gasteiger partial charge in [0.05, 0.1) is 12.9 Å². The lowest BCUT2D eigenvalue weighted by atomic mass is 9.94. The Bertz CT molecular complexity index is 500. The van der Waals surface area contributed by atoms with E-state index >= 15 is 0 Å². The quantitative estimate of drug-likeness (QED) is 0.600. The molecule has 1 heterocycles. The average Bonchev–Trinajstić information content (AvgIpc) is 2.75. The summed E-state index contributed by atoms with van der Waals surface area (Å²) in [5.41, 5.74) is 2.17. The Morgan fingerprint density at radius 2 is 2.10 bits per heavy atom. The molecule has 0 bridgehead atoms. The number of nitrogens with one attached hydrogen (secondary N) is 1. The first-order chi connectivity index (χ1) is 9.85. The fourth-order valence-corrected chi connectivity index (χ4v) is 3.00. The van der Waals surface area contributed by atoms with Gasteiger partial charge in [0.2, 0.25) is 5.79 Å². The van der Waals surface area contributed by atoms with Crippen LogP contribution in [0.3, 0.4) is 0 Å². The van der Waals surface area contributed by atoms with E-state index in [2.05, 4.69) is 9.76 Å². The first-order valence-electron chi connectivity index (χ1n) is 6.75. The Hall–Kier alpha value is -0.540. The molecule has 9 heteroatoms. The predicted octanol–water partition coefficient (Wildman–Crippen LogP) is 1.60. The van der Waals surface area contributed by atoms with Gasteiger partial charge in [-0.15, -0.1) is 0 Å². The standard InChI is InChI=1S/C12H20ClNO6S/c1-17-8-9-10(11(13)14-20-21(2,15)16)19-12(18-9)6-4-3-5-7-12/h9,14H,3-8H2,1-2H3/t9-/m0/s1. The minimum Gasteiger partial charge on any atom is -0.461 e. The van der Waals surface area contributed by atoms with E-state index in [1.165, 1.54) is 0 Å². The topological polar surface area (TPSA) is 83.1 Å². The molecular weight excluding hydrogens is 322 g/mol. The van der Waals surface area contributed by atoms with Gasteiger partial charge in [0.1, 0.15) is 6.10 Å². The molecule has 21 heavy (non-hydrogen) atoms. The molecule has 1 N–H and O–H groups in total. The van der Waals surface area contributed by atoms with Gasteiger partial charge in [-0.2, -0.15) is 12.7 Å². The Morgan fingerprint density at radius 1 is 1.43 bits per heavy atom.